The molecule has 0 aliphatic carbocycles. The van der Waals surface area contributed by atoms with Crippen molar-refractivity contribution in [2.45, 2.75) is 19.5 Å². The van der Waals surface area contributed by atoms with Gasteiger partial charge in [0.2, 0.25) is 0 Å². The zero-order valence-electron chi connectivity index (χ0n) is 16.6. The molecule has 1 unspecified atom stereocenters. The van der Waals surface area contributed by atoms with E-state index in [2.05, 4.69) is 41.9 Å². The lowest BCUT2D eigenvalue weighted by Gasteiger charge is -2.29. The number of halogens is 1. The van der Waals surface area contributed by atoms with Crippen LogP contribution in [0.3, 0.4) is 0 Å². The summed E-state index contributed by atoms with van der Waals surface area (Å²) in [6.45, 7) is 2.09. The van der Waals surface area contributed by atoms with Gasteiger partial charge in [0.05, 0.1) is 36.7 Å². The Morgan fingerprint density at radius 2 is 2.06 bits per heavy atom. The first-order chi connectivity index (χ1) is 15.0. The Kier molecular flexibility index (Phi) is 6.08. The Labute approximate surface area is 186 Å². The molecule has 31 heavy (non-hydrogen) atoms. The zero-order valence-corrected chi connectivity index (χ0v) is 18.2. The quantitative estimate of drug-likeness (QED) is 0.522. The minimum Gasteiger partial charge on any atom is -0.463 e. The third kappa shape index (κ3) is 4.64. The number of esters is 1. The van der Waals surface area contributed by atoms with E-state index in [0.29, 0.717) is 17.0 Å². The number of hydrogen-bond acceptors (Lipinski definition) is 6. The van der Waals surface area contributed by atoms with Crippen molar-refractivity contribution in [3.63, 3.8) is 0 Å². The van der Waals surface area contributed by atoms with Crippen LogP contribution in [0.5, 0.6) is 0 Å². The summed E-state index contributed by atoms with van der Waals surface area (Å²) in [6.07, 6.45) is 5.10. The van der Waals surface area contributed by atoms with E-state index in [1.54, 1.807) is 30.2 Å². The molecule has 3 aromatic rings. The van der Waals surface area contributed by atoms with E-state index in [1.807, 2.05) is 36.4 Å². The van der Waals surface area contributed by atoms with Crippen LogP contribution in [0.1, 0.15) is 18.5 Å². The van der Waals surface area contributed by atoms with Gasteiger partial charge in [-0.15, -0.1) is 5.10 Å². The molecule has 10 heteroatoms. The maximum absolute atomic E-state index is 12.8. The molecule has 1 aliphatic heterocycles. The molecule has 0 spiro atoms. The maximum atomic E-state index is 12.8. The second-order valence-corrected chi connectivity index (χ2v) is 7.65. The van der Waals surface area contributed by atoms with Gasteiger partial charge in [-0.05, 0) is 36.8 Å². The molecule has 1 atom stereocenters. The summed E-state index contributed by atoms with van der Waals surface area (Å²) in [5, 5.41) is 13.8. The molecule has 0 saturated heterocycles. The van der Waals surface area contributed by atoms with Gasteiger partial charge in [-0.1, -0.05) is 33.3 Å². The van der Waals surface area contributed by atoms with Gasteiger partial charge in [-0.2, -0.15) is 0 Å². The van der Waals surface area contributed by atoms with E-state index in [-0.39, 0.29) is 13.2 Å². The van der Waals surface area contributed by atoms with Gasteiger partial charge >= 0.3 is 12.0 Å². The molecule has 0 bridgehead atoms. The SMILES string of the molecule is CCOC(=O)C1=C(Cn2cc(-c3cccnc3)nn2)NC(=O)NC1c1ccc(Br)cc1. The Morgan fingerprint density at radius 1 is 1.26 bits per heavy atom. The number of amides is 2. The fourth-order valence-corrected chi connectivity index (χ4v) is 3.55. The number of carbonyl (C=O) groups excluding carboxylic acids is 2. The number of nitrogens with one attached hydrogen (secondary N) is 2. The van der Waals surface area contributed by atoms with Crippen LogP contribution in [-0.4, -0.2) is 38.6 Å². The van der Waals surface area contributed by atoms with Crippen molar-refractivity contribution < 1.29 is 14.3 Å². The smallest absolute Gasteiger partial charge is 0.338 e. The van der Waals surface area contributed by atoms with Gasteiger partial charge in [-0.25, -0.2) is 14.3 Å². The highest BCUT2D eigenvalue weighted by Crippen LogP contribution is 2.29. The van der Waals surface area contributed by atoms with Crippen LogP contribution in [0.25, 0.3) is 11.3 Å². The van der Waals surface area contributed by atoms with Gasteiger partial charge in [0, 0.05) is 22.4 Å². The van der Waals surface area contributed by atoms with Crippen molar-refractivity contribution in [1.82, 2.24) is 30.6 Å². The Hall–Kier alpha value is -3.53. The first-order valence-corrected chi connectivity index (χ1v) is 10.4. The summed E-state index contributed by atoms with van der Waals surface area (Å²) < 4.78 is 7.73. The largest absolute Gasteiger partial charge is 0.463 e. The second kappa shape index (κ2) is 9.09. The summed E-state index contributed by atoms with van der Waals surface area (Å²) >= 11 is 3.40. The second-order valence-electron chi connectivity index (χ2n) is 6.74. The van der Waals surface area contributed by atoms with E-state index < -0.39 is 18.0 Å². The molecule has 1 aromatic carbocycles. The molecule has 1 aliphatic rings. The summed E-state index contributed by atoms with van der Waals surface area (Å²) in [7, 11) is 0. The summed E-state index contributed by atoms with van der Waals surface area (Å²) in [6, 6.07) is 10.0. The van der Waals surface area contributed by atoms with Gasteiger partial charge in [0.1, 0.15) is 5.69 Å². The molecular weight excluding hydrogens is 464 g/mol. The number of pyridine rings is 1. The molecule has 9 nitrogen and oxygen atoms in total. The summed E-state index contributed by atoms with van der Waals surface area (Å²) in [5.41, 5.74) is 2.93. The molecule has 0 saturated carbocycles. The summed E-state index contributed by atoms with van der Waals surface area (Å²) in [4.78, 5) is 29.3. The average Bonchev–Trinajstić information content (AvgIpc) is 3.23. The van der Waals surface area contributed by atoms with Crippen molar-refractivity contribution in [1.29, 1.82) is 0 Å². The van der Waals surface area contributed by atoms with E-state index in [0.717, 1.165) is 15.6 Å². The van der Waals surface area contributed by atoms with Crippen molar-refractivity contribution >= 4 is 27.9 Å². The fourth-order valence-electron chi connectivity index (χ4n) is 3.28. The van der Waals surface area contributed by atoms with Crippen molar-refractivity contribution in [2.75, 3.05) is 6.61 Å². The minimum atomic E-state index is -0.655. The number of allylic oxidation sites excluding steroid dienone is 1. The van der Waals surface area contributed by atoms with Gasteiger partial charge < -0.3 is 15.4 Å². The van der Waals surface area contributed by atoms with Crippen LogP contribution in [0.2, 0.25) is 0 Å². The third-order valence-electron chi connectivity index (χ3n) is 4.67. The standard InChI is InChI=1S/C21H19BrN6O3/c1-2-31-20(29)18-17(12-28-11-16(26-27-28)14-4-3-9-23-10-14)24-21(30)25-19(18)13-5-7-15(22)8-6-13/h3-11,19H,2,12H2,1H3,(H2,24,25,30). The molecule has 0 radical (unpaired) electrons. The molecule has 3 heterocycles. The van der Waals surface area contributed by atoms with E-state index in [9.17, 15) is 9.59 Å². The number of benzene rings is 1. The lowest BCUT2D eigenvalue weighted by molar-refractivity contribution is -0.139. The lowest BCUT2D eigenvalue weighted by atomic mass is 9.95. The summed E-state index contributed by atoms with van der Waals surface area (Å²) in [5.74, 6) is -0.509. The van der Waals surface area contributed by atoms with Crippen molar-refractivity contribution in [3.8, 4) is 11.3 Å². The zero-order chi connectivity index (χ0) is 21.8. The Bertz CT molecular complexity index is 1130. The van der Waals surface area contributed by atoms with Crippen LogP contribution < -0.4 is 10.6 Å². The molecule has 4 rings (SSSR count). The highest BCUT2D eigenvalue weighted by Gasteiger charge is 2.34. The molecule has 2 N–H and O–H groups in total. The van der Waals surface area contributed by atoms with Crippen molar-refractivity contribution in [2.24, 2.45) is 0 Å². The van der Waals surface area contributed by atoms with E-state index >= 15 is 0 Å². The fraction of sp³-hybridized carbons (Fsp3) is 0.190. The number of urea groups is 1. The number of aromatic nitrogens is 4. The van der Waals surface area contributed by atoms with E-state index in [1.165, 1.54) is 0 Å². The van der Waals surface area contributed by atoms with Crippen molar-refractivity contribution in [3.05, 3.63) is 76.3 Å². The predicted octanol–water partition coefficient (Wildman–Crippen LogP) is 2.97. The lowest BCUT2D eigenvalue weighted by Crippen LogP contribution is -2.46. The maximum Gasteiger partial charge on any atom is 0.338 e. The van der Waals surface area contributed by atoms with Crippen LogP contribution >= 0.6 is 15.9 Å². The Balaban J connectivity index is 1.71. The number of carbonyl (C=O) groups is 2. The topological polar surface area (TPSA) is 111 Å². The molecule has 158 valence electrons. The normalized spacial score (nSPS) is 15.9. The highest BCUT2D eigenvalue weighted by molar-refractivity contribution is 9.10. The molecule has 2 aromatic heterocycles. The highest BCUT2D eigenvalue weighted by atomic mass is 79.9. The first-order valence-electron chi connectivity index (χ1n) is 9.59. The van der Waals surface area contributed by atoms with Crippen LogP contribution in [0.4, 0.5) is 4.79 Å². The van der Waals surface area contributed by atoms with E-state index in [4.69, 9.17) is 4.74 Å². The monoisotopic (exact) mass is 482 g/mol. The van der Waals surface area contributed by atoms with Gasteiger partial charge in [-0.3, -0.25) is 4.98 Å². The number of rotatable bonds is 6. The Morgan fingerprint density at radius 3 is 2.77 bits per heavy atom. The molecule has 2 amide bonds. The predicted molar refractivity (Wildman–Crippen MR) is 115 cm³/mol. The molecular formula is C21H19BrN6O3. The van der Waals surface area contributed by atoms with Crippen LogP contribution in [0, 0.1) is 0 Å². The molecule has 0 fully saturated rings. The van der Waals surface area contributed by atoms with Gasteiger partial charge in [0.25, 0.3) is 0 Å². The first kappa shape index (κ1) is 20.7. The number of hydrogen-bond donors (Lipinski definition) is 2. The third-order valence-corrected chi connectivity index (χ3v) is 5.20. The average molecular weight is 483 g/mol. The van der Waals surface area contributed by atoms with Crippen LogP contribution in [-0.2, 0) is 16.1 Å². The minimum absolute atomic E-state index is 0.141. The van der Waals surface area contributed by atoms with Gasteiger partial charge in [0.15, 0.2) is 0 Å². The van der Waals surface area contributed by atoms with Crippen LogP contribution in [0.15, 0.2) is 70.7 Å². The number of nitrogens with zero attached hydrogens (tertiary/aromatic N) is 4. The number of ether oxygens (including phenoxy) is 1.